The van der Waals surface area contributed by atoms with Crippen molar-refractivity contribution in [1.29, 1.82) is 0 Å². The number of imidazole rings is 1. The zero-order valence-corrected chi connectivity index (χ0v) is 16.3. The lowest BCUT2D eigenvalue weighted by molar-refractivity contribution is -0.137. The van der Waals surface area contributed by atoms with Gasteiger partial charge in [0.15, 0.2) is 0 Å². The molecule has 0 radical (unpaired) electrons. The first-order valence-electron chi connectivity index (χ1n) is 9.57. The van der Waals surface area contributed by atoms with Crippen LogP contribution in [0.25, 0.3) is 0 Å². The van der Waals surface area contributed by atoms with Crippen LogP contribution in [0.3, 0.4) is 0 Å². The lowest BCUT2D eigenvalue weighted by Gasteiger charge is -2.43. The van der Waals surface area contributed by atoms with E-state index >= 15 is 0 Å². The number of hydrogen-bond donors (Lipinski definition) is 2. The van der Waals surface area contributed by atoms with Crippen molar-refractivity contribution in [3.8, 4) is 0 Å². The SMILES string of the molecule is C[C@H]1CC(C)(C)C[C@@]2(C1)NC(=O)N(CC(=O)NCCCn1ccnc1)C2=O. The van der Waals surface area contributed by atoms with Crippen LogP contribution in [0, 0.1) is 11.3 Å². The Bertz CT molecular complexity index is 715. The van der Waals surface area contributed by atoms with E-state index in [0.717, 1.165) is 24.3 Å². The molecule has 0 aromatic carbocycles. The summed E-state index contributed by atoms with van der Waals surface area (Å²) >= 11 is 0. The van der Waals surface area contributed by atoms with Crippen LogP contribution >= 0.6 is 0 Å². The van der Waals surface area contributed by atoms with Gasteiger partial charge in [0.2, 0.25) is 5.91 Å². The van der Waals surface area contributed by atoms with Crippen LogP contribution in [0.4, 0.5) is 4.79 Å². The molecule has 0 unspecified atom stereocenters. The Morgan fingerprint density at radius 3 is 2.81 bits per heavy atom. The quantitative estimate of drug-likeness (QED) is 0.582. The Hall–Kier alpha value is -2.38. The number of amides is 4. The van der Waals surface area contributed by atoms with Crippen LogP contribution in [0.1, 0.15) is 46.5 Å². The second kappa shape index (κ2) is 7.32. The normalized spacial score (nSPS) is 27.1. The van der Waals surface area contributed by atoms with Gasteiger partial charge in [0.1, 0.15) is 12.1 Å². The zero-order valence-electron chi connectivity index (χ0n) is 16.3. The van der Waals surface area contributed by atoms with Crippen molar-refractivity contribution < 1.29 is 14.4 Å². The molecular weight excluding hydrogens is 346 g/mol. The van der Waals surface area contributed by atoms with Gasteiger partial charge in [-0.3, -0.25) is 14.5 Å². The Kier molecular flexibility index (Phi) is 5.26. The highest BCUT2D eigenvalue weighted by Crippen LogP contribution is 2.46. The number of urea groups is 1. The molecule has 27 heavy (non-hydrogen) atoms. The first-order valence-corrected chi connectivity index (χ1v) is 9.57. The highest BCUT2D eigenvalue weighted by molar-refractivity contribution is 6.09. The van der Waals surface area contributed by atoms with Gasteiger partial charge in [0, 0.05) is 25.5 Å². The van der Waals surface area contributed by atoms with Gasteiger partial charge in [0.05, 0.1) is 6.33 Å². The third-order valence-corrected chi connectivity index (χ3v) is 5.40. The fourth-order valence-corrected chi connectivity index (χ4v) is 4.76. The minimum atomic E-state index is -0.861. The van der Waals surface area contributed by atoms with Gasteiger partial charge in [-0.15, -0.1) is 0 Å². The minimum Gasteiger partial charge on any atom is -0.354 e. The standard InChI is InChI=1S/C19H29N5O3/c1-14-9-18(2,3)12-19(10-14)16(26)24(17(27)22-19)11-15(25)21-5-4-7-23-8-6-20-13-23/h6,8,13-14H,4-5,7,9-12H2,1-3H3,(H,21,25)(H,22,27)/t14-,19+/m0/s1. The summed E-state index contributed by atoms with van der Waals surface area (Å²) in [4.78, 5) is 42.6. The molecule has 1 saturated carbocycles. The van der Waals surface area contributed by atoms with Crippen LogP contribution in [-0.4, -0.2) is 50.9 Å². The predicted octanol–water partition coefficient (Wildman–Crippen LogP) is 1.53. The molecule has 1 spiro atoms. The number of rotatable bonds is 6. The van der Waals surface area contributed by atoms with Crippen LogP contribution < -0.4 is 10.6 Å². The summed E-state index contributed by atoms with van der Waals surface area (Å²) in [5, 5.41) is 5.68. The summed E-state index contributed by atoms with van der Waals surface area (Å²) < 4.78 is 1.93. The van der Waals surface area contributed by atoms with Crippen LogP contribution in [-0.2, 0) is 16.1 Å². The lowest BCUT2D eigenvalue weighted by Crippen LogP contribution is -2.54. The van der Waals surface area contributed by atoms with Crippen molar-refractivity contribution in [1.82, 2.24) is 25.1 Å². The predicted molar refractivity (Wildman–Crippen MR) is 99.6 cm³/mol. The maximum atomic E-state index is 13.0. The summed E-state index contributed by atoms with van der Waals surface area (Å²) in [6, 6.07) is -0.460. The van der Waals surface area contributed by atoms with E-state index in [1.165, 1.54) is 0 Å². The Labute approximate surface area is 159 Å². The van der Waals surface area contributed by atoms with Gasteiger partial charge in [0.25, 0.3) is 5.91 Å². The maximum absolute atomic E-state index is 13.0. The number of carbonyl (C=O) groups is 3. The van der Waals surface area contributed by atoms with E-state index < -0.39 is 11.6 Å². The second-order valence-corrected chi connectivity index (χ2v) is 8.76. The molecule has 4 amide bonds. The lowest BCUT2D eigenvalue weighted by atomic mass is 9.64. The molecule has 2 fully saturated rings. The van der Waals surface area contributed by atoms with Crippen molar-refractivity contribution in [2.75, 3.05) is 13.1 Å². The van der Waals surface area contributed by atoms with Gasteiger partial charge in [-0.05, 0) is 37.0 Å². The molecule has 2 N–H and O–H groups in total. The summed E-state index contributed by atoms with van der Waals surface area (Å²) in [5.41, 5.74) is -0.883. The van der Waals surface area contributed by atoms with Gasteiger partial charge >= 0.3 is 6.03 Å². The molecular formula is C19H29N5O3. The largest absolute Gasteiger partial charge is 0.354 e. The number of carbonyl (C=O) groups excluding carboxylic acids is 3. The van der Waals surface area contributed by atoms with Crippen molar-refractivity contribution in [2.24, 2.45) is 11.3 Å². The first kappa shape index (κ1) is 19.4. The van der Waals surface area contributed by atoms with Crippen LogP contribution in [0.5, 0.6) is 0 Å². The minimum absolute atomic E-state index is 0.0216. The van der Waals surface area contributed by atoms with E-state index in [-0.39, 0.29) is 23.8 Å². The summed E-state index contributed by atoms with van der Waals surface area (Å²) in [5.74, 6) is -0.236. The number of nitrogens with zero attached hydrogens (tertiary/aromatic N) is 3. The summed E-state index contributed by atoms with van der Waals surface area (Å²) in [7, 11) is 0. The molecule has 2 atom stereocenters. The number of hydrogen-bond acceptors (Lipinski definition) is 4. The Morgan fingerprint density at radius 1 is 1.37 bits per heavy atom. The fraction of sp³-hybridized carbons (Fsp3) is 0.684. The van der Waals surface area contributed by atoms with E-state index in [1.807, 2.05) is 10.8 Å². The van der Waals surface area contributed by atoms with Gasteiger partial charge in [-0.2, -0.15) is 0 Å². The highest BCUT2D eigenvalue weighted by Gasteiger charge is 2.56. The van der Waals surface area contributed by atoms with Gasteiger partial charge in [-0.1, -0.05) is 20.8 Å². The monoisotopic (exact) mass is 375 g/mol. The topological polar surface area (TPSA) is 96.3 Å². The van der Waals surface area contributed by atoms with E-state index in [0.29, 0.717) is 25.3 Å². The maximum Gasteiger partial charge on any atom is 0.325 e. The van der Waals surface area contributed by atoms with Crippen molar-refractivity contribution in [3.05, 3.63) is 18.7 Å². The number of nitrogens with one attached hydrogen (secondary N) is 2. The molecule has 2 heterocycles. The third-order valence-electron chi connectivity index (χ3n) is 5.40. The summed E-state index contributed by atoms with van der Waals surface area (Å²) in [6.07, 6.45) is 8.30. The third kappa shape index (κ3) is 4.31. The molecule has 1 aromatic rings. The number of aryl methyl sites for hydroxylation is 1. The molecule has 8 nitrogen and oxygen atoms in total. The smallest absolute Gasteiger partial charge is 0.325 e. The van der Waals surface area contributed by atoms with E-state index in [9.17, 15) is 14.4 Å². The highest BCUT2D eigenvalue weighted by atomic mass is 16.2. The fourth-order valence-electron chi connectivity index (χ4n) is 4.76. The molecule has 1 saturated heterocycles. The second-order valence-electron chi connectivity index (χ2n) is 8.76. The van der Waals surface area contributed by atoms with Crippen molar-refractivity contribution in [2.45, 2.75) is 58.5 Å². The molecule has 0 bridgehead atoms. The van der Waals surface area contributed by atoms with Crippen LogP contribution in [0.15, 0.2) is 18.7 Å². The molecule has 2 aliphatic rings. The molecule has 148 valence electrons. The zero-order chi connectivity index (χ0) is 19.7. The number of aromatic nitrogens is 2. The number of imide groups is 1. The summed E-state index contributed by atoms with van der Waals surface area (Å²) in [6.45, 7) is 7.36. The van der Waals surface area contributed by atoms with Crippen molar-refractivity contribution in [3.63, 3.8) is 0 Å². The Morgan fingerprint density at radius 2 is 2.15 bits per heavy atom. The molecule has 1 aliphatic carbocycles. The molecule has 3 rings (SSSR count). The molecule has 8 heteroatoms. The average Bonchev–Trinajstić information content (AvgIpc) is 3.13. The van der Waals surface area contributed by atoms with E-state index in [4.69, 9.17) is 0 Å². The average molecular weight is 375 g/mol. The van der Waals surface area contributed by atoms with Gasteiger partial charge in [-0.25, -0.2) is 9.78 Å². The van der Waals surface area contributed by atoms with E-state index in [1.54, 1.807) is 12.5 Å². The molecule has 1 aromatic heterocycles. The van der Waals surface area contributed by atoms with Crippen molar-refractivity contribution >= 4 is 17.8 Å². The van der Waals surface area contributed by atoms with Crippen LogP contribution in [0.2, 0.25) is 0 Å². The first-order chi connectivity index (χ1) is 12.7. The van der Waals surface area contributed by atoms with Gasteiger partial charge < -0.3 is 15.2 Å². The van der Waals surface area contributed by atoms with E-state index in [2.05, 4.69) is 36.4 Å². The Balaban J connectivity index is 1.53. The molecule has 1 aliphatic heterocycles.